The van der Waals surface area contributed by atoms with Crippen molar-refractivity contribution >= 4 is 17.7 Å². The zero-order valence-electron chi connectivity index (χ0n) is 37.7. The van der Waals surface area contributed by atoms with Crippen LogP contribution in [-0.4, -0.2) is 35.8 Å². The predicted octanol–water partition coefficient (Wildman–Crippen LogP) is 13.4. The van der Waals surface area contributed by atoms with E-state index in [9.17, 15) is 14.4 Å². The molecule has 3 aliphatic rings. The number of amides is 3. The highest BCUT2D eigenvalue weighted by Crippen LogP contribution is 2.38. The van der Waals surface area contributed by atoms with Gasteiger partial charge in [-0.3, -0.25) is 14.4 Å². The summed E-state index contributed by atoms with van der Waals surface area (Å²) < 4.78 is 0. The number of benzene rings is 1. The first-order chi connectivity index (χ1) is 27.7. The van der Waals surface area contributed by atoms with Crippen LogP contribution in [0.15, 0.2) is 18.2 Å². The molecule has 3 saturated carbocycles. The normalized spacial score (nSPS) is 27.8. The Kier molecular flexibility index (Phi) is 21.6. The predicted molar refractivity (Wildman–Crippen MR) is 240 cm³/mol. The molecule has 57 heavy (non-hydrogen) atoms. The van der Waals surface area contributed by atoms with E-state index in [4.69, 9.17) is 0 Å². The SMILES string of the molecule is CCCCC1CCC(NC(=O)c2cc(C(=O)NC3CCC(CCCC)CC3CCCC)cc(C(=O)NC3CCC(CCCC)CC3CCCC)c2)C(CCCC)C1. The van der Waals surface area contributed by atoms with Crippen molar-refractivity contribution in [3.05, 3.63) is 34.9 Å². The average molecular weight is 790 g/mol. The summed E-state index contributed by atoms with van der Waals surface area (Å²) in [6.45, 7) is 13.6. The molecule has 9 unspecified atom stereocenters. The van der Waals surface area contributed by atoms with Crippen LogP contribution in [0.2, 0.25) is 0 Å². The molecule has 0 aromatic heterocycles. The number of unbranched alkanes of at least 4 members (excludes halogenated alkanes) is 6. The van der Waals surface area contributed by atoms with Crippen LogP contribution in [0, 0.1) is 35.5 Å². The maximum atomic E-state index is 14.3. The van der Waals surface area contributed by atoms with E-state index in [0.717, 1.165) is 94.8 Å². The third-order valence-corrected chi connectivity index (χ3v) is 14.6. The molecule has 6 heteroatoms. The van der Waals surface area contributed by atoms with Gasteiger partial charge in [0.15, 0.2) is 0 Å². The van der Waals surface area contributed by atoms with Crippen LogP contribution in [0.5, 0.6) is 0 Å². The summed E-state index contributed by atoms with van der Waals surface area (Å²) in [5.41, 5.74) is 1.31. The topological polar surface area (TPSA) is 87.3 Å². The Morgan fingerprint density at radius 3 is 0.895 bits per heavy atom. The summed E-state index contributed by atoms with van der Waals surface area (Å²) in [7, 11) is 0. The van der Waals surface area contributed by atoms with E-state index in [2.05, 4.69) is 57.5 Å². The monoisotopic (exact) mass is 790 g/mol. The van der Waals surface area contributed by atoms with Gasteiger partial charge < -0.3 is 16.0 Å². The van der Waals surface area contributed by atoms with Gasteiger partial charge in [0.25, 0.3) is 17.7 Å². The zero-order chi connectivity index (χ0) is 41.0. The van der Waals surface area contributed by atoms with Crippen molar-refractivity contribution in [2.24, 2.45) is 35.5 Å². The number of hydrogen-bond acceptors (Lipinski definition) is 3. The van der Waals surface area contributed by atoms with E-state index in [0.29, 0.717) is 34.4 Å². The second-order valence-corrected chi connectivity index (χ2v) is 19.2. The lowest BCUT2D eigenvalue weighted by atomic mass is 9.74. The fourth-order valence-corrected chi connectivity index (χ4v) is 11.1. The number of carbonyl (C=O) groups excluding carboxylic acids is 3. The molecular weight excluding hydrogens is 703 g/mol. The molecule has 3 N–H and O–H groups in total. The second-order valence-electron chi connectivity index (χ2n) is 19.2. The molecule has 0 saturated heterocycles. The van der Waals surface area contributed by atoms with Gasteiger partial charge in [0.2, 0.25) is 0 Å². The molecule has 3 amide bonds. The lowest BCUT2D eigenvalue weighted by Crippen LogP contribution is -2.45. The van der Waals surface area contributed by atoms with Gasteiger partial charge in [-0.1, -0.05) is 138 Å². The van der Waals surface area contributed by atoms with Gasteiger partial charge in [0, 0.05) is 34.8 Å². The highest BCUT2D eigenvalue weighted by atomic mass is 16.2. The molecule has 3 aliphatic carbocycles. The van der Waals surface area contributed by atoms with Gasteiger partial charge in [-0.05, 0) is 131 Å². The Morgan fingerprint density at radius 1 is 0.404 bits per heavy atom. The van der Waals surface area contributed by atoms with E-state index in [1.807, 2.05) is 0 Å². The van der Waals surface area contributed by atoms with Gasteiger partial charge >= 0.3 is 0 Å². The Labute approximate surface area is 350 Å². The fourth-order valence-electron chi connectivity index (χ4n) is 11.1. The lowest BCUT2D eigenvalue weighted by Gasteiger charge is -2.37. The van der Waals surface area contributed by atoms with Gasteiger partial charge in [0.1, 0.15) is 0 Å². The first-order valence-electron chi connectivity index (χ1n) is 24.8. The van der Waals surface area contributed by atoms with Gasteiger partial charge in [0.05, 0.1) is 0 Å². The zero-order valence-corrected chi connectivity index (χ0v) is 37.7. The number of hydrogen-bond donors (Lipinski definition) is 3. The Hall–Kier alpha value is -2.37. The molecule has 0 aliphatic heterocycles. The second kappa shape index (κ2) is 26.0. The maximum absolute atomic E-state index is 14.3. The van der Waals surface area contributed by atoms with Crippen LogP contribution < -0.4 is 16.0 Å². The molecule has 6 nitrogen and oxygen atoms in total. The Bertz CT molecular complexity index is 1160. The van der Waals surface area contributed by atoms with Crippen LogP contribution in [0.4, 0.5) is 0 Å². The summed E-state index contributed by atoms with van der Waals surface area (Å²) >= 11 is 0. The third-order valence-electron chi connectivity index (χ3n) is 14.6. The first-order valence-corrected chi connectivity index (χ1v) is 24.8. The molecule has 324 valence electrons. The van der Waals surface area contributed by atoms with Crippen LogP contribution in [0.25, 0.3) is 0 Å². The van der Waals surface area contributed by atoms with Crippen molar-refractivity contribution in [2.75, 3.05) is 0 Å². The number of nitrogens with one attached hydrogen (secondary N) is 3. The first kappa shape index (κ1) is 47.3. The molecule has 0 heterocycles. The summed E-state index contributed by atoms with van der Waals surface area (Å²) in [6.07, 6.45) is 31.8. The van der Waals surface area contributed by atoms with Crippen molar-refractivity contribution in [1.29, 1.82) is 0 Å². The quantitative estimate of drug-likeness (QED) is 0.0975. The third kappa shape index (κ3) is 15.3. The average Bonchev–Trinajstić information content (AvgIpc) is 3.23. The Morgan fingerprint density at radius 2 is 0.649 bits per heavy atom. The summed E-state index contributed by atoms with van der Waals surface area (Å²) in [5.74, 6) is 3.20. The largest absolute Gasteiger partial charge is 0.349 e. The molecule has 1 aromatic rings. The van der Waals surface area contributed by atoms with Crippen molar-refractivity contribution < 1.29 is 14.4 Å². The van der Waals surface area contributed by atoms with Gasteiger partial charge in [-0.15, -0.1) is 0 Å². The van der Waals surface area contributed by atoms with E-state index >= 15 is 0 Å². The smallest absolute Gasteiger partial charge is 0.251 e. The van der Waals surface area contributed by atoms with E-state index in [1.54, 1.807) is 18.2 Å². The molecular formula is C51H87N3O3. The standard InChI is InChI=1S/C51H87N3O3/c1-7-13-19-37-25-28-46(40(31-37)22-16-10-4)52-49(55)43-34-44(50(56)53-47-29-26-38(20-14-8-2)32-41(47)23-17-11-5)36-45(35-43)51(57)54-48-30-27-39(21-15-9-3)33-42(48)24-18-12-6/h34-42,46-48H,7-33H2,1-6H3,(H,52,55)(H,53,56)(H,54,57). The molecule has 4 rings (SSSR count). The van der Waals surface area contributed by atoms with Crippen molar-refractivity contribution in [1.82, 2.24) is 16.0 Å². The molecule has 1 aromatic carbocycles. The molecule has 0 spiro atoms. The number of carbonyl (C=O) groups is 3. The van der Waals surface area contributed by atoms with E-state index < -0.39 is 0 Å². The van der Waals surface area contributed by atoms with Crippen LogP contribution in [-0.2, 0) is 0 Å². The molecule has 0 radical (unpaired) electrons. The van der Waals surface area contributed by atoms with Crippen molar-refractivity contribution in [3.8, 4) is 0 Å². The lowest BCUT2D eigenvalue weighted by molar-refractivity contribution is 0.0881. The van der Waals surface area contributed by atoms with Crippen molar-refractivity contribution in [3.63, 3.8) is 0 Å². The number of rotatable bonds is 24. The maximum Gasteiger partial charge on any atom is 0.251 e. The molecule has 9 atom stereocenters. The highest BCUT2D eigenvalue weighted by Gasteiger charge is 2.35. The summed E-state index contributed by atoms with van der Waals surface area (Å²) in [5, 5.41) is 10.4. The fraction of sp³-hybridized carbons (Fsp3) is 0.824. The van der Waals surface area contributed by atoms with Crippen LogP contribution in [0.3, 0.4) is 0 Å². The molecule has 0 bridgehead atoms. The Balaban J connectivity index is 1.58. The van der Waals surface area contributed by atoms with Gasteiger partial charge in [-0.2, -0.15) is 0 Å². The highest BCUT2D eigenvalue weighted by molar-refractivity contribution is 6.04. The summed E-state index contributed by atoms with van der Waals surface area (Å²) in [4.78, 5) is 43.0. The minimum atomic E-state index is -0.147. The van der Waals surface area contributed by atoms with Crippen LogP contribution in [0.1, 0.15) is 246 Å². The van der Waals surface area contributed by atoms with Gasteiger partial charge in [-0.25, -0.2) is 0 Å². The van der Waals surface area contributed by atoms with E-state index in [1.165, 1.54) is 96.3 Å². The minimum absolute atomic E-state index is 0.126. The molecule has 3 fully saturated rings. The van der Waals surface area contributed by atoms with Crippen molar-refractivity contribution in [2.45, 2.75) is 233 Å². The van der Waals surface area contributed by atoms with E-state index in [-0.39, 0.29) is 35.8 Å². The minimum Gasteiger partial charge on any atom is -0.349 e. The summed E-state index contributed by atoms with van der Waals surface area (Å²) in [6, 6.07) is 5.69. The van der Waals surface area contributed by atoms with Crippen LogP contribution >= 0.6 is 0 Å².